The van der Waals surface area contributed by atoms with Crippen molar-refractivity contribution in [3.63, 3.8) is 0 Å². The number of esters is 1. The van der Waals surface area contributed by atoms with E-state index in [2.05, 4.69) is 15.1 Å². The number of thiazole rings is 1. The molecular weight excluding hydrogens is 386 g/mol. The number of aromatic nitrogens is 3. The van der Waals surface area contributed by atoms with Crippen molar-refractivity contribution in [1.29, 1.82) is 0 Å². The lowest BCUT2D eigenvalue weighted by molar-refractivity contribution is -0.145. The summed E-state index contributed by atoms with van der Waals surface area (Å²) in [7, 11) is 0. The summed E-state index contributed by atoms with van der Waals surface area (Å²) in [4.78, 5) is 20.7. The van der Waals surface area contributed by atoms with Crippen LogP contribution in [-0.2, 0) is 22.6 Å². The molecule has 27 heavy (non-hydrogen) atoms. The fraction of sp³-hybridized carbons (Fsp3) is 0.158. The molecule has 0 amide bonds. The number of ether oxygens (including phenoxy) is 1. The second-order valence-electron chi connectivity index (χ2n) is 5.75. The van der Waals surface area contributed by atoms with E-state index in [4.69, 9.17) is 20.9 Å². The zero-order valence-corrected chi connectivity index (χ0v) is 15.7. The van der Waals surface area contributed by atoms with Gasteiger partial charge in [0.1, 0.15) is 11.6 Å². The van der Waals surface area contributed by atoms with E-state index in [0.717, 1.165) is 20.8 Å². The maximum Gasteiger partial charge on any atom is 0.306 e. The summed E-state index contributed by atoms with van der Waals surface area (Å²) in [6, 6.07) is 14.9. The van der Waals surface area contributed by atoms with Crippen molar-refractivity contribution in [1.82, 2.24) is 15.1 Å². The van der Waals surface area contributed by atoms with Gasteiger partial charge in [0.25, 0.3) is 0 Å². The average Bonchev–Trinajstić information content (AvgIpc) is 3.32. The van der Waals surface area contributed by atoms with Crippen molar-refractivity contribution < 1.29 is 14.1 Å². The van der Waals surface area contributed by atoms with Crippen LogP contribution in [0.5, 0.6) is 0 Å². The van der Waals surface area contributed by atoms with E-state index in [0.29, 0.717) is 23.2 Å². The smallest absolute Gasteiger partial charge is 0.306 e. The molecule has 2 aromatic heterocycles. The highest BCUT2D eigenvalue weighted by atomic mass is 35.5. The van der Waals surface area contributed by atoms with Crippen molar-refractivity contribution in [2.75, 3.05) is 0 Å². The SMILES string of the molecule is O=C(CCc1nc(-c2ccc(Cl)cc2)no1)OCc1nc2ccccc2s1. The van der Waals surface area contributed by atoms with Gasteiger partial charge >= 0.3 is 5.97 Å². The average molecular weight is 400 g/mol. The van der Waals surface area contributed by atoms with Gasteiger partial charge in [0.15, 0.2) is 0 Å². The standard InChI is InChI=1S/C19H14ClN3O3S/c20-13-7-5-12(6-8-13)19-22-16(26-23-19)9-10-18(24)25-11-17-21-14-3-1-2-4-15(14)27-17/h1-8H,9-11H2. The first-order valence-corrected chi connectivity index (χ1v) is 9.45. The summed E-state index contributed by atoms with van der Waals surface area (Å²) in [5.74, 6) is 0.516. The minimum Gasteiger partial charge on any atom is -0.458 e. The van der Waals surface area contributed by atoms with E-state index in [9.17, 15) is 4.79 Å². The van der Waals surface area contributed by atoms with E-state index in [1.807, 2.05) is 36.4 Å². The minimum atomic E-state index is -0.333. The highest BCUT2D eigenvalue weighted by molar-refractivity contribution is 7.18. The molecule has 0 aliphatic rings. The highest BCUT2D eigenvalue weighted by Gasteiger charge is 2.12. The predicted octanol–water partition coefficient (Wildman–Crippen LogP) is 4.68. The molecule has 0 aliphatic carbocycles. The van der Waals surface area contributed by atoms with Crippen molar-refractivity contribution >= 4 is 39.1 Å². The molecule has 0 spiro atoms. The molecule has 4 aromatic rings. The second-order valence-corrected chi connectivity index (χ2v) is 7.31. The number of nitrogens with zero attached hydrogens (tertiary/aromatic N) is 3. The van der Waals surface area contributed by atoms with Crippen LogP contribution >= 0.6 is 22.9 Å². The molecule has 0 radical (unpaired) electrons. The zero-order chi connectivity index (χ0) is 18.6. The Balaban J connectivity index is 1.29. The molecule has 2 heterocycles. The van der Waals surface area contributed by atoms with Crippen LogP contribution in [0, 0.1) is 0 Å². The molecule has 0 aliphatic heterocycles. The number of benzene rings is 2. The van der Waals surface area contributed by atoms with Gasteiger partial charge in [0.05, 0.1) is 16.6 Å². The van der Waals surface area contributed by atoms with Gasteiger partial charge in [0.2, 0.25) is 11.7 Å². The molecule has 0 bridgehead atoms. The summed E-state index contributed by atoms with van der Waals surface area (Å²) < 4.78 is 11.6. The number of hydrogen-bond acceptors (Lipinski definition) is 7. The quantitative estimate of drug-likeness (QED) is 0.438. The largest absolute Gasteiger partial charge is 0.458 e. The van der Waals surface area contributed by atoms with E-state index in [-0.39, 0.29) is 19.0 Å². The molecule has 6 nitrogen and oxygen atoms in total. The molecule has 136 valence electrons. The molecule has 0 unspecified atom stereocenters. The van der Waals surface area contributed by atoms with Crippen LogP contribution in [0.3, 0.4) is 0 Å². The zero-order valence-electron chi connectivity index (χ0n) is 14.1. The van der Waals surface area contributed by atoms with Gasteiger partial charge < -0.3 is 9.26 Å². The highest BCUT2D eigenvalue weighted by Crippen LogP contribution is 2.22. The molecule has 8 heteroatoms. The molecular formula is C19H14ClN3O3S. The Morgan fingerprint density at radius 2 is 1.93 bits per heavy atom. The van der Waals surface area contributed by atoms with Crippen molar-refractivity contribution in [2.45, 2.75) is 19.4 Å². The maximum atomic E-state index is 12.0. The number of hydrogen-bond donors (Lipinski definition) is 0. The number of para-hydroxylation sites is 1. The third-order valence-electron chi connectivity index (χ3n) is 3.81. The van der Waals surface area contributed by atoms with Crippen LogP contribution in [0.4, 0.5) is 0 Å². The third-order valence-corrected chi connectivity index (χ3v) is 5.07. The lowest BCUT2D eigenvalue weighted by Gasteiger charge is -2.00. The van der Waals surface area contributed by atoms with Gasteiger partial charge in [-0.05, 0) is 36.4 Å². The molecule has 2 aromatic carbocycles. The molecule has 4 rings (SSSR count). The Bertz CT molecular complexity index is 1040. The Labute approximate surface area is 163 Å². The number of rotatable bonds is 6. The third kappa shape index (κ3) is 4.32. The van der Waals surface area contributed by atoms with Crippen LogP contribution in [0.15, 0.2) is 53.1 Å². The summed E-state index contributed by atoms with van der Waals surface area (Å²) in [5, 5.41) is 5.33. The molecule has 0 atom stereocenters. The lowest BCUT2D eigenvalue weighted by atomic mass is 10.2. The van der Waals surface area contributed by atoms with E-state index >= 15 is 0 Å². The molecule has 0 saturated carbocycles. The van der Waals surface area contributed by atoms with Gasteiger partial charge in [-0.2, -0.15) is 4.98 Å². The molecule has 0 fully saturated rings. The molecule has 0 N–H and O–H groups in total. The van der Waals surface area contributed by atoms with Crippen LogP contribution in [0.2, 0.25) is 5.02 Å². The first kappa shape index (κ1) is 17.6. The van der Waals surface area contributed by atoms with Crippen LogP contribution in [-0.4, -0.2) is 21.1 Å². The van der Waals surface area contributed by atoms with Crippen LogP contribution < -0.4 is 0 Å². The van der Waals surface area contributed by atoms with Crippen molar-refractivity contribution in [2.24, 2.45) is 0 Å². The van der Waals surface area contributed by atoms with E-state index in [1.165, 1.54) is 11.3 Å². The number of carbonyl (C=O) groups excluding carboxylic acids is 1. The fourth-order valence-corrected chi connectivity index (χ4v) is 3.48. The number of halogens is 1. The maximum absolute atomic E-state index is 12.0. The monoisotopic (exact) mass is 399 g/mol. The van der Waals surface area contributed by atoms with Crippen LogP contribution in [0.25, 0.3) is 21.6 Å². The first-order chi connectivity index (χ1) is 13.2. The normalized spacial score (nSPS) is 11.0. The predicted molar refractivity (Wildman–Crippen MR) is 102 cm³/mol. The minimum absolute atomic E-state index is 0.160. The lowest BCUT2D eigenvalue weighted by Crippen LogP contribution is -2.06. The van der Waals surface area contributed by atoms with E-state index < -0.39 is 0 Å². The first-order valence-electron chi connectivity index (χ1n) is 8.26. The Morgan fingerprint density at radius 1 is 1.11 bits per heavy atom. The van der Waals surface area contributed by atoms with Crippen molar-refractivity contribution in [3.05, 3.63) is 64.5 Å². The molecule has 0 saturated heterocycles. The number of aryl methyl sites for hydroxylation is 1. The number of fused-ring (bicyclic) bond motifs is 1. The second kappa shape index (κ2) is 7.85. The fourth-order valence-electron chi connectivity index (χ4n) is 2.48. The van der Waals surface area contributed by atoms with Gasteiger partial charge in [0, 0.05) is 17.0 Å². The summed E-state index contributed by atoms with van der Waals surface area (Å²) >= 11 is 7.38. The Kier molecular flexibility index (Phi) is 5.13. The van der Waals surface area contributed by atoms with Gasteiger partial charge in [-0.3, -0.25) is 4.79 Å². The summed E-state index contributed by atoms with van der Waals surface area (Å²) in [5.41, 5.74) is 1.71. The number of carbonyl (C=O) groups is 1. The summed E-state index contributed by atoms with van der Waals surface area (Å²) in [6.07, 6.45) is 0.479. The summed E-state index contributed by atoms with van der Waals surface area (Å²) in [6.45, 7) is 0.165. The Morgan fingerprint density at radius 3 is 2.74 bits per heavy atom. The van der Waals surface area contributed by atoms with Crippen molar-refractivity contribution in [3.8, 4) is 11.4 Å². The van der Waals surface area contributed by atoms with E-state index in [1.54, 1.807) is 12.1 Å². The van der Waals surface area contributed by atoms with Gasteiger partial charge in [-0.15, -0.1) is 11.3 Å². The van der Waals surface area contributed by atoms with Crippen LogP contribution in [0.1, 0.15) is 17.3 Å². The van der Waals surface area contributed by atoms with Gasteiger partial charge in [-0.25, -0.2) is 4.98 Å². The Hall–Kier alpha value is -2.77. The van der Waals surface area contributed by atoms with Gasteiger partial charge in [-0.1, -0.05) is 28.9 Å². The topological polar surface area (TPSA) is 78.1 Å².